The van der Waals surface area contributed by atoms with Crippen LogP contribution in [0.15, 0.2) is 46.3 Å². The minimum absolute atomic E-state index is 0.361. The predicted molar refractivity (Wildman–Crippen MR) is 76.5 cm³/mol. The van der Waals surface area contributed by atoms with Crippen LogP contribution in [0.5, 0.6) is 0 Å². The molecule has 0 fully saturated rings. The number of aliphatic hydroxyl groups is 1. The van der Waals surface area contributed by atoms with E-state index in [0.29, 0.717) is 5.92 Å². The molecule has 1 heterocycles. The van der Waals surface area contributed by atoms with E-state index in [0.717, 1.165) is 15.8 Å². The SMILES string of the molecule is CC(CC(O)c1sccc1Br)c1ccccc1. The van der Waals surface area contributed by atoms with Gasteiger partial charge in [0.1, 0.15) is 0 Å². The Morgan fingerprint density at radius 3 is 2.53 bits per heavy atom. The van der Waals surface area contributed by atoms with Crippen LogP contribution in [0.25, 0.3) is 0 Å². The Labute approximate surface area is 114 Å². The standard InChI is InChI=1S/C14H15BrOS/c1-10(11-5-3-2-4-6-11)9-13(16)14-12(15)7-8-17-14/h2-8,10,13,16H,9H2,1H3. The van der Waals surface area contributed by atoms with Crippen molar-refractivity contribution in [2.75, 3.05) is 0 Å². The van der Waals surface area contributed by atoms with E-state index < -0.39 is 0 Å². The zero-order valence-electron chi connectivity index (χ0n) is 9.64. The summed E-state index contributed by atoms with van der Waals surface area (Å²) in [5.41, 5.74) is 1.28. The maximum Gasteiger partial charge on any atom is 0.0899 e. The van der Waals surface area contributed by atoms with Gasteiger partial charge in [-0.25, -0.2) is 0 Å². The second kappa shape index (κ2) is 5.80. The van der Waals surface area contributed by atoms with E-state index in [4.69, 9.17) is 0 Å². The van der Waals surface area contributed by atoms with E-state index >= 15 is 0 Å². The molecule has 3 heteroatoms. The van der Waals surface area contributed by atoms with E-state index in [1.54, 1.807) is 11.3 Å². The number of halogens is 1. The number of rotatable bonds is 4. The van der Waals surface area contributed by atoms with Gasteiger partial charge in [-0.1, -0.05) is 37.3 Å². The van der Waals surface area contributed by atoms with Crippen LogP contribution < -0.4 is 0 Å². The van der Waals surface area contributed by atoms with E-state index in [1.165, 1.54) is 5.56 Å². The zero-order valence-corrected chi connectivity index (χ0v) is 12.0. The van der Waals surface area contributed by atoms with Crippen molar-refractivity contribution in [1.29, 1.82) is 0 Å². The lowest BCUT2D eigenvalue weighted by molar-refractivity contribution is 0.162. The smallest absolute Gasteiger partial charge is 0.0899 e. The fourth-order valence-corrected chi connectivity index (χ4v) is 3.54. The average Bonchev–Trinajstić information content (AvgIpc) is 2.76. The van der Waals surface area contributed by atoms with Crippen LogP contribution in [0.4, 0.5) is 0 Å². The minimum Gasteiger partial charge on any atom is -0.388 e. The maximum atomic E-state index is 10.2. The minimum atomic E-state index is -0.389. The summed E-state index contributed by atoms with van der Waals surface area (Å²) < 4.78 is 1.01. The molecule has 1 nitrogen and oxygen atoms in total. The van der Waals surface area contributed by atoms with Gasteiger partial charge in [-0.05, 0) is 45.3 Å². The number of benzene rings is 1. The van der Waals surface area contributed by atoms with E-state index in [1.807, 2.05) is 29.6 Å². The van der Waals surface area contributed by atoms with Crippen LogP contribution in [0, 0.1) is 0 Å². The zero-order chi connectivity index (χ0) is 12.3. The van der Waals surface area contributed by atoms with Crippen LogP contribution in [-0.4, -0.2) is 5.11 Å². The van der Waals surface area contributed by atoms with Crippen LogP contribution in [0.3, 0.4) is 0 Å². The first-order chi connectivity index (χ1) is 8.18. The average molecular weight is 311 g/mol. The highest BCUT2D eigenvalue weighted by Crippen LogP contribution is 2.34. The van der Waals surface area contributed by atoms with Gasteiger partial charge >= 0.3 is 0 Å². The highest BCUT2D eigenvalue weighted by molar-refractivity contribution is 9.10. The molecule has 1 aromatic carbocycles. The second-order valence-electron chi connectivity index (χ2n) is 4.20. The van der Waals surface area contributed by atoms with Crippen molar-refractivity contribution in [3.05, 3.63) is 56.7 Å². The molecule has 0 aliphatic rings. The van der Waals surface area contributed by atoms with Gasteiger partial charge in [-0.2, -0.15) is 0 Å². The Morgan fingerprint density at radius 1 is 1.24 bits per heavy atom. The normalized spacial score (nSPS) is 14.5. The quantitative estimate of drug-likeness (QED) is 0.865. The third-order valence-electron chi connectivity index (χ3n) is 2.89. The molecule has 0 aliphatic carbocycles. The van der Waals surface area contributed by atoms with Gasteiger partial charge in [0.25, 0.3) is 0 Å². The molecule has 0 saturated heterocycles. The van der Waals surface area contributed by atoms with Gasteiger partial charge in [-0.15, -0.1) is 11.3 Å². The fraction of sp³-hybridized carbons (Fsp3) is 0.286. The second-order valence-corrected chi connectivity index (χ2v) is 6.00. The molecule has 2 aromatic rings. The summed E-state index contributed by atoms with van der Waals surface area (Å²) in [7, 11) is 0. The Hall–Kier alpha value is -0.640. The third-order valence-corrected chi connectivity index (χ3v) is 4.86. The van der Waals surface area contributed by atoms with Crippen molar-refractivity contribution in [2.45, 2.75) is 25.4 Å². The van der Waals surface area contributed by atoms with E-state index in [9.17, 15) is 5.11 Å². The molecule has 0 radical (unpaired) electrons. The van der Waals surface area contributed by atoms with Gasteiger partial charge in [0.05, 0.1) is 6.10 Å². The summed E-state index contributed by atoms with van der Waals surface area (Å²) in [4.78, 5) is 1.02. The molecule has 0 spiro atoms. The predicted octanol–water partition coefficient (Wildman–Crippen LogP) is 4.74. The Kier molecular flexibility index (Phi) is 4.37. The molecule has 2 rings (SSSR count). The first kappa shape index (κ1) is 12.8. The fourth-order valence-electron chi connectivity index (χ4n) is 1.90. The van der Waals surface area contributed by atoms with Gasteiger partial charge in [0.2, 0.25) is 0 Å². The van der Waals surface area contributed by atoms with Gasteiger partial charge < -0.3 is 5.11 Å². The maximum absolute atomic E-state index is 10.2. The molecule has 1 aromatic heterocycles. The summed E-state index contributed by atoms with van der Waals surface area (Å²) in [5.74, 6) is 0.361. The lowest BCUT2D eigenvalue weighted by Gasteiger charge is -2.16. The topological polar surface area (TPSA) is 20.2 Å². The van der Waals surface area contributed by atoms with Gasteiger partial charge in [-0.3, -0.25) is 0 Å². The number of hydrogen-bond donors (Lipinski definition) is 1. The number of thiophene rings is 1. The summed E-state index contributed by atoms with van der Waals surface area (Å²) in [6, 6.07) is 12.3. The van der Waals surface area contributed by atoms with Crippen LogP contribution in [0.1, 0.15) is 35.8 Å². The van der Waals surface area contributed by atoms with Crippen LogP contribution >= 0.6 is 27.3 Å². The molecular weight excluding hydrogens is 296 g/mol. The highest BCUT2D eigenvalue weighted by Gasteiger charge is 2.17. The number of hydrogen-bond acceptors (Lipinski definition) is 2. The van der Waals surface area contributed by atoms with Crippen molar-refractivity contribution < 1.29 is 5.11 Å². The van der Waals surface area contributed by atoms with E-state index in [2.05, 4.69) is 35.0 Å². The Balaban J connectivity index is 2.05. The molecule has 0 aliphatic heterocycles. The molecule has 0 bridgehead atoms. The molecule has 0 amide bonds. The molecule has 1 N–H and O–H groups in total. The molecule has 2 atom stereocenters. The number of aliphatic hydroxyl groups excluding tert-OH is 1. The molecule has 17 heavy (non-hydrogen) atoms. The summed E-state index contributed by atoms with van der Waals surface area (Å²) in [6.45, 7) is 2.15. The van der Waals surface area contributed by atoms with Crippen molar-refractivity contribution in [3.63, 3.8) is 0 Å². The van der Waals surface area contributed by atoms with Crippen LogP contribution in [-0.2, 0) is 0 Å². The molecular formula is C14H15BrOS. The summed E-state index contributed by atoms with van der Waals surface area (Å²) in [6.07, 6.45) is 0.364. The first-order valence-electron chi connectivity index (χ1n) is 5.64. The van der Waals surface area contributed by atoms with Crippen molar-refractivity contribution >= 4 is 27.3 Å². The van der Waals surface area contributed by atoms with Gasteiger partial charge in [0, 0.05) is 9.35 Å². The largest absolute Gasteiger partial charge is 0.388 e. The highest BCUT2D eigenvalue weighted by atomic mass is 79.9. The van der Waals surface area contributed by atoms with Gasteiger partial charge in [0.15, 0.2) is 0 Å². The van der Waals surface area contributed by atoms with Crippen molar-refractivity contribution in [1.82, 2.24) is 0 Å². The molecule has 90 valence electrons. The first-order valence-corrected chi connectivity index (χ1v) is 7.31. The monoisotopic (exact) mass is 310 g/mol. The Morgan fingerprint density at radius 2 is 1.94 bits per heavy atom. The lowest BCUT2D eigenvalue weighted by atomic mass is 9.94. The molecule has 0 saturated carbocycles. The summed E-state index contributed by atoms with van der Waals surface area (Å²) in [5, 5.41) is 12.2. The van der Waals surface area contributed by atoms with Crippen molar-refractivity contribution in [2.24, 2.45) is 0 Å². The Bertz CT molecular complexity index is 466. The summed E-state index contributed by atoms with van der Waals surface area (Å²) >= 11 is 5.06. The van der Waals surface area contributed by atoms with E-state index in [-0.39, 0.29) is 6.10 Å². The molecule has 2 unspecified atom stereocenters. The van der Waals surface area contributed by atoms with Crippen LogP contribution in [0.2, 0.25) is 0 Å². The third kappa shape index (κ3) is 3.18. The lowest BCUT2D eigenvalue weighted by Crippen LogP contribution is -2.02. The van der Waals surface area contributed by atoms with Crippen molar-refractivity contribution in [3.8, 4) is 0 Å².